The molecule has 138 valence electrons. The van der Waals surface area contributed by atoms with Crippen molar-refractivity contribution < 1.29 is 23.1 Å². The molecule has 2 N–H and O–H groups in total. The molecular weight excluding hydrogens is 354 g/mol. The molecule has 0 aromatic heterocycles. The Labute approximate surface area is 152 Å². The van der Waals surface area contributed by atoms with Crippen molar-refractivity contribution in [2.75, 3.05) is 11.6 Å². The van der Waals surface area contributed by atoms with E-state index in [1.54, 1.807) is 0 Å². The van der Waals surface area contributed by atoms with Crippen molar-refractivity contribution >= 4 is 27.4 Å². The first-order valence-corrected chi connectivity index (χ1v) is 9.93. The molecule has 2 aromatic rings. The third-order valence-electron chi connectivity index (χ3n) is 3.96. The van der Waals surface area contributed by atoms with Crippen LogP contribution in [0.2, 0.25) is 0 Å². The Bertz CT molecular complexity index is 920. The van der Waals surface area contributed by atoms with Crippen LogP contribution in [-0.4, -0.2) is 31.7 Å². The Balaban J connectivity index is 2.41. The first-order valence-electron chi connectivity index (χ1n) is 8.04. The average Bonchev–Trinajstić information content (AvgIpc) is 2.54. The smallest absolute Gasteiger partial charge is 0.335 e. The number of hydrogen-bond acceptors (Lipinski definition) is 4. The summed E-state index contributed by atoms with van der Waals surface area (Å²) in [5, 5.41) is 11.9. The van der Waals surface area contributed by atoms with E-state index in [1.165, 1.54) is 12.1 Å². The Morgan fingerprint density at radius 2 is 1.65 bits per heavy atom. The summed E-state index contributed by atoms with van der Waals surface area (Å²) in [5.41, 5.74) is 0.763. The minimum atomic E-state index is -3.62. The van der Waals surface area contributed by atoms with Crippen molar-refractivity contribution in [2.24, 2.45) is 5.92 Å². The summed E-state index contributed by atoms with van der Waals surface area (Å²) in [4.78, 5) is 23.9. The number of carboxylic acids is 1. The highest BCUT2D eigenvalue weighted by atomic mass is 32.2. The molecule has 6 nitrogen and oxygen atoms in total. The van der Waals surface area contributed by atoms with Crippen LogP contribution in [0.15, 0.2) is 53.4 Å². The molecule has 0 spiro atoms. The molecule has 0 saturated heterocycles. The summed E-state index contributed by atoms with van der Waals surface area (Å²) in [6.07, 6.45) is 0.987. The summed E-state index contributed by atoms with van der Waals surface area (Å²) in [5.74, 6) is -2.05. The number of carboxylic acid groups (broad SMARTS) is 1. The fraction of sp³-hybridized carbons (Fsp3) is 0.263. The average molecular weight is 375 g/mol. The fourth-order valence-corrected chi connectivity index (χ4v) is 3.41. The Hall–Kier alpha value is -2.67. The number of carbonyl (C=O) groups is 2. The molecule has 7 heteroatoms. The number of nitrogens with one attached hydrogen (secondary N) is 1. The molecule has 0 aliphatic heterocycles. The summed E-state index contributed by atoms with van der Waals surface area (Å²) < 4.78 is 23.6. The minimum Gasteiger partial charge on any atom is -0.478 e. The zero-order valence-corrected chi connectivity index (χ0v) is 15.6. The van der Waals surface area contributed by atoms with Crippen LogP contribution >= 0.6 is 0 Å². The van der Waals surface area contributed by atoms with Crippen LogP contribution < -0.4 is 5.32 Å². The van der Waals surface area contributed by atoms with Crippen LogP contribution in [0.5, 0.6) is 0 Å². The summed E-state index contributed by atoms with van der Waals surface area (Å²) in [6, 6.07) is 12.8. The predicted molar refractivity (Wildman–Crippen MR) is 99.2 cm³/mol. The molecule has 0 saturated carbocycles. The molecule has 0 fully saturated rings. The lowest BCUT2D eigenvalue weighted by atomic mass is 9.87. The third kappa shape index (κ3) is 4.70. The monoisotopic (exact) mass is 375 g/mol. The van der Waals surface area contributed by atoms with Gasteiger partial charge in [0.15, 0.2) is 9.84 Å². The molecule has 0 bridgehead atoms. The summed E-state index contributed by atoms with van der Waals surface area (Å²) in [6.45, 7) is 3.82. The van der Waals surface area contributed by atoms with Crippen LogP contribution in [0.1, 0.15) is 35.7 Å². The van der Waals surface area contributed by atoms with Crippen molar-refractivity contribution in [1.29, 1.82) is 0 Å². The van der Waals surface area contributed by atoms with Crippen molar-refractivity contribution in [3.63, 3.8) is 0 Å². The lowest BCUT2D eigenvalue weighted by Gasteiger charge is -2.21. The predicted octanol–water partition coefficient (Wildman–Crippen LogP) is 3.17. The molecule has 1 atom stereocenters. The maximum atomic E-state index is 12.8. The quantitative estimate of drug-likeness (QED) is 0.808. The first-order chi connectivity index (χ1) is 12.1. The van der Waals surface area contributed by atoms with Gasteiger partial charge < -0.3 is 10.4 Å². The number of aromatic carboxylic acids is 1. The number of rotatable bonds is 6. The van der Waals surface area contributed by atoms with Crippen LogP contribution in [0.4, 0.5) is 5.69 Å². The standard InChI is InChI=1S/C19H21NO5S/c1-12(2)17(13-7-5-4-6-8-13)18(21)20-15-9-14(19(22)23)10-16(11-15)26(3,24)25/h4-12,17H,1-3H3,(H,20,21)(H,22,23). The molecule has 1 amide bonds. The van der Waals surface area contributed by atoms with Gasteiger partial charge in [0.2, 0.25) is 5.91 Å². The largest absolute Gasteiger partial charge is 0.478 e. The third-order valence-corrected chi connectivity index (χ3v) is 5.05. The van der Waals surface area contributed by atoms with E-state index in [1.807, 2.05) is 44.2 Å². The number of hydrogen-bond donors (Lipinski definition) is 2. The van der Waals surface area contributed by atoms with Crippen molar-refractivity contribution in [3.05, 3.63) is 59.7 Å². The highest BCUT2D eigenvalue weighted by Crippen LogP contribution is 2.27. The van der Waals surface area contributed by atoms with Gasteiger partial charge in [-0.3, -0.25) is 4.79 Å². The van der Waals surface area contributed by atoms with Gasteiger partial charge in [-0.15, -0.1) is 0 Å². The maximum absolute atomic E-state index is 12.8. The van der Waals surface area contributed by atoms with Gasteiger partial charge in [0, 0.05) is 11.9 Å². The second kappa shape index (κ2) is 7.70. The van der Waals surface area contributed by atoms with Gasteiger partial charge in [0.05, 0.1) is 16.4 Å². The maximum Gasteiger partial charge on any atom is 0.335 e. The Morgan fingerprint density at radius 3 is 2.15 bits per heavy atom. The molecular formula is C19H21NO5S. The SMILES string of the molecule is CC(C)C(C(=O)Nc1cc(C(=O)O)cc(S(C)(=O)=O)c1)c1ccccc1. The van der Waals surface area contributed by atoms with Crippen LogP contribution in [0.25, 0.3) is 0 Å². The van der Waals surface area contributed by atoms with E-state index in [2.05, 4.69) is 5.32 Å². The second-order valence-corrected chi connectivity index (χ2v) is 8.46. The lowest BCUT2D eigenvalue weighted by Crippen LogP contribution is -2.25. The van der Waals surface area contributed by atoms with E-state index < -0.39 is 21.7 Å². The molecule has 2 rings (SSSR count). The highest BCUT2D eigenvalue weighted by Gasteiger charge is 2.25. The van der Waals surface area contributed by atoms with Gasteiger partial charge in [0.1, 0.15) is 0 Å². The van der Waals surface area contributed by atoms with Crippen LogP contribution in [0.3, 0.4) is 0 Å². The van der Waals surface area contributed by atoms with E-state index in [0.717, 1.165) is 17.9 Å². The number of benzene rings is 2. The zero-order chi connectivity index (χ0) is 19.5. The van der Waals surface area contributed by atoms with E-state index in [9.17, 15) is 23.1 Å². The number of sulfone groups is 1. The zero-order valence-electron chi connectivity index (χ0n) is 14.8. The normalized spacial score (nSPS) is 12.6. The van der Waals surface area contributed by atoms with Crippen molar-refractivity contribution in [1.82, 2.24) is 0 Å². The molecule has 0 heterocycles. The van der Waals surface area contributed by atoms with Crippen LogP contribution in [-0.2, 0) is 14.6 Å². The van der Waals surface area contributed by atoms with E-state index in [-0.39, 0.29) is 28.0 Å². The summed E-state index contributed by atoms with van der Waals surface area (Å²) >= 11 is 0. The Kier molecular flexibility index (Phi) is 5.82. The van der Waals surface area contributed by atoms with Gasteiger partial charge in [-0.05, 0) is 29.7 Å². The van der Waals surface area contributed by atoms with Gasteiger partial charge in [-0.1, -0.05) is 44.2 Å². The number of amides is 1. The number of anilines is 1. The molecule has 0 aliphatic carbocycles. The molecule has 2 aromatic carbocycles. The van der Waals surface area contributed by atoms with Gasteiger partial charge in [-0.25, -0.2) is 13.2 Å². The molecule has 26 heavy (non-hydrogen) atoms. The van der Waals surface area contributed by atoms with Crippen molar-refractivity contribution in [2.45, 2.75) is 24.7 Å². The molecule has 0 aliphatic rings. The minimum absolute atomic E-state index is 0.00515. The van der Waals surface area contributed by atoms with Gasteiger partial charge >= 0.3 is 5.97 Å². The topological polar surface area (TPSA) is 101 Å². The fourth-order valence-electron chi connectivity index (χ4n) is 2.73. The van der Waals surface area contributed by atoms with E-state index >= 15 is 0 Å². The first kappa shape index (κ1) is 19.7. The lowest BCUT2D eigenvalue weighted by molar-refractivity contribution is -0.118. The highest BCUT2D eigenvalue weighted by molar-refractivity contribution is 7.90. The van der Waals surface area contributed by atoms with Gasteiger partial charge in [0.25, 0.3) is 0 Å². The number of carbonyl (C=O) groups excluding carboxylic acids is 1. The van der Waals surface area contributed by atoms with Crippen LogP contribution in [0, 0.1) is 5.92 Å². The van der Waals surface area contributed by atoms with Crippen molar-refractivity contribution in [3.8, 4) is 0 Å². The van der Waals surface area contributed by atoms with E-state index in [4.69, 9.17) is 0 Å². The second-order valence-electron chi connectivity index (χ2n) is 6.45. The Morgan fingerprint density at radius 1 is 1.04 bits per heavy atom. The van der Waals surface area contributed by atoms with E-state index in [0.29, 0.717) is 0 Å². The molecule has 0 radical (unpaired) electrons. The molecule has 1 unspecified atom stereocenters. The van der Waals surface area contributed by atoms with Gasteiger partial charge in [-0.2, -0.15) is 0 Å². The summed E-state index contributed by atoms with van der Waals surface area (Å²) in [7, 11) is -3.62.